The van der Waals surface area contributed by atoms with E-state index >= 15 is 0 Å². The molecule has 0 aromatic carbocycles. The van der Waals surface area contributed by atoms with Gasteiger partial charge in [0.2, 0.25) is 5.91 Å². The SMILES string of the molecule is CNC(=O)C1(C)CCN(CCCCC(C)(C)CN)C1. The molecule has 0 saturated carbocycles. The summed E-state index contributed by atoms with van der Waals surface area (Å²) in [5.41, 5.74) is 5.82. The first-order chi connectivity index (χ1) is 8.83. The minimum absolute atomic E-state index is 0.180. The summed E-state index contributed by atoms with van der Waals surface area (Å²) in [5.74, 6) is 0.180. The molecule has 0 aromatic rings. The lowest BCUT2D eigenvalue weighted by Crippen LogP contribution is -2.39. The maximum atomic E-state index is 11.8. The number of rotatable bonds is 7. The van der Waals surface area contributed by atoms with Gasteiger partial charge in [0.15, 0.2) is 0 Å². The fourth-order valence-electron chi connectivity index (χ4n) is 2.78. The zero-order valence-corrected chi connectivity index (χ0v) is 13.1. The van der Waals surface area contributed by atoms with Gasteiger partial charge in [-0.25, -0.2) is 0 Å². The summed E-state index contributed by atoms with van der Waals surface area (Å²) in [7, 11) is 1.73. The van der Waals surface area contributed by atoms with E-state index in [9.17, 15) is 4.79 Å². The molecule has 3 N–H and O–H groups in total. The van der Waals surface area contributed by atoms with Crippen molar-refractivity contribution in [3.8, 4) is 0 Å². The predicted octanol–water partition coefficient (Wildman–Crippen LogP) is 1.60. The van der Waals surface area contributed by atoms with E-state index in [2.05, 4.69) is 31.0 Å². The molecular formula is C15H31N3O. The summed E-state index contributed by atoms with van der Waals surface area (Å²) in [6, 6.07) is 0. The fourth-order valence-corrected chi connectivity index (χ4v) is 2.78. The molecule has 1 heterocycles. The molecular weight excluding hydrogens is 238 g/mol. The predicted molar refractivity (Wildman–Crippen MR) is 79.9 cm³/mol. The number of hydrogen-bond donors (Lipinski definition) is 2. The molecule has 4 heteroatoms. The lowest BCUT2D eigenvalue weighted by Gasteiger charge is -2.24. The Balaban J connectivity index is 2.25. The van der Waals surface area contributed by atoms with E-state index < -0.39 is 0 Å². The van der Waals surface area contributed by atoms with Crippen LogP contribution in [-0.4, -0.2) is 44.0 Å². The van der Waals surface area contributed by atoms with Crippen molar-refractivity contribution in [1.29, 1.82) is 0 Å². The van der Waals surface area contributed by atoms with Gasteiger partial charge >= 0.3 is 0 Å². The van der Waals surface area contributed by atoms with Gasteiger partial charge in [-0.05, 0) is 51.2 Å². The largest absolute Gasteiger partial charge is 0.359 e. The van der Waals surface area contributed by atoms with Gasteiger partial charge in [0.05, 0.1) is 5.41 Å². The molecule has 0 bridgehead atoms. The normalized spacial score (nSPS) is 24.7. The van der Waals surface area contributed by atoms with Crippen LogP contribution in [-0.2, 0) is 4.79 Å². The van der Waals surface area contributed by atoms with Crippen LogP contribution in [0.5, 0.6) is 0 Å². The van der Waals surface area contributed by atoms with Crippen LogP contribution in [0, 0.1) is 10.8 Å². The van der Waals surface area contributed by atoms with Gasteiger partial charge in [-0.3, -0.25) is 4.79 Å². The summed E-state index contributed by atoms with van der Waals surface area (Å²) in [5, 5.41) is 2.78. The van der Waals surface area contributed by atoms with Crippen molar-refractivity contribution in [1.82, 2.24) is 10.2 Å². The average molecular weight is 269 g/mol. The molecule has 1 aliphatic rings. The highest BCUT2D eigenvalue weighted by molar-refractivity contribution is 5.82. The number of likely N-dealkylation sites (tertiary alicyclic amines) is 1. The van der Waals surface area contributed by atoms with Crippen molar-refractivity contribution in [3.63, 3.8) is 0 Å². The Labute approximate surface area is 118 Å². The number of carbonyl (C=O) groups is 1. The third kappa shape index (κ3) is 4.77. The van der Waals surface area contributed by atoms with Gasteiger partial charge in [-0.2, -0.15) is 0 Å². The number of hydrogen-bond acceptors (Lipinski definition) is 3. The quantitative estimate of drug-likeness (QED) is 0.690. The molecule has 1 atom stereocenters. The number of unbranched alkanes of at least 4 members (excludes halogenated alkanes) is 1. The third-order valence-corrected chi connectivity index (χ3v) is 4.46. The topological polar surface area (TPSA) is 58.4 Å². The van der Waals surface area contributed by atoms with Gasteiger partial charge in [0, 0.05) is 13.6 Å². The van der Waals surface area contributed by atoms with Crippen LogP contribution in [0.4, 0.5) is 0 Å². The van der Waals surface area contributed by atoms with Crippen molar-refractivity contribution < 1.29 is 4.79 Å². The second-order valence-corrected chi connectivity index (χ2v) is 6.99. The molecule has 19 heavy (non-hydrogen) atoms. The van der Waals surface area contributed by atoms with Gasteiger partial charge in [-0.1, -0.05) is 20.3 Å². The minimum atomic E-state index is -0.189. The highest BCUT2D eigenvalue weighted by atomic mass is 16.2. The molecule has 0 aromatic heterocycles. The van der Waals surface area contributed by atoms with E-state index in [0.29, 0.717) is 0 Å². The maximum Gasteiger partial charge on any atom is 0.227 e. The molecule has 4 nitrogen and oxygen atoms in total. The average Bonchev–Trinajstić information content (AvgIpc) is 2.77. The Morgan fingerprint density at radius 1 is 1.42 bits per heavy atom. The van der Waals surface area contributed by atoms with Crippen LogP contribution in [0.2, 0.25) is 0 Å². The zero-order valence-electron chi connectivity index (χ0n) is 13.1. The molecule has 1 saturated heterocycles. The first-order valence-corrected chi connectivity index (χ1v) is 7.48. The molecule has 1 unspecified atom stereocenters. The van der Waals surface area contributed by atoms with Crippen molar-refractivity contribution in [2.24, 2.45) is 16.6 Å². The number of carbonyl (C=O) groups excluding carboxylic acids is 1. The number of nitrogens with one attached hydrogen (secondary N) is 1. The minimum Gasteiger partial charge on any atom is -0.359 e. The van der Waals surface area contributed by atoms with Crippen LogP contribution in [0.15, 0.2) is 0 Å². The molecule has 0 aliphatic carbocycles. The molecule has 0 spiro atoms. The maximum absolute atomic E-state index is 11.8. The molecule has 1 rings (SSSR count). The van der Waals surface area contributed by atoms with E-state index in [-0.39, 0.29) is 16.7 Å². The van der Waals surface area contributed by atoms with Gasteiger partial charge in [0.1, 0.15) is 0 Å². The smallest absolute Gasteiger partial charge is 0.227 e. The highest BCUT2D eigenvalue weighted by Gasteiger charge is 2.39. The summed E-state index contributed by atoms with van der Waals surface area (Å²) < 4.78 is 0. The summed E-state index contributed by atoms with van der Waals surface area (Å²) in [6.07, 6.45) is 4.58. The Morgan fingerprint density at radius 3 is 2.68 bits per heavy atom. The summed E-state index contributed by atoms with van der Waals surface area (Å²) in [4.78, 5) is 14.3. The van der Waals surface area contributed by atoms with E-state index in [0.717, 1.165) is 32.6 Å². The van der Waals surface area contributed by atoms with E-state index in [4.69, 9.17) is 5.73 Å². The molecule has 112 valence electrons. The van der Waals surface area contributed by atoms with Crippen LogP contribution in [0.25, 0.3) is 0 Å². The van der Waals surface area contributed by atoms with Gasteiger partial charge in [0.25, 0.3) is 0 Å². The molecule has 0 radical (unpaired) electrons. The molecule has 1 fully saturated rings. The van der Waals surface area contributed by atoms with Crippen molar-refractivity contribution in [3.05, 3.63) is 0 Å². The van der Waals surface area contributed by atoms with Crippen molar-refractivity contribution in [2.75, 3.05) is 33.2 Å². The number of nitrogens with two attached hydrogens (primary N) is 1. The standard InChI is InChI=1S/C15H31N3O/c1-14(2,11-16)7-5-6-9-18-10-8-15(3,12-18)13(19)17-4/h5-12,16H2,1-4H3,(H,17,19). The van der Waals surface area contributed by atoms with Crippen LogP contribution >= 0.6 is 0 Å². The Hall–Kier alpha value is -0.610. The number of nitrogens with zero attached hydrogens (tertiary/aromatic N) is 1. The second-order valence-electron chi connectivity index (χ2n) is 6.99. The lowest BCUT2D eigenvalue weighted by atomic mass is 9.87. The van der Waals surface area contributed by atoms with Crippen LogP contribution in [0.1, 0.15) is 46.5 Å². The van der Waals surface area contributed by atoms with Crippen LogP contribution < -0.4 is 11.1 Å². The zero-order chi connectivity index (χ0) is 14.5. The van der Waals surface area contributed by atoms with Crippen molar-refractivity contribution in [2.45, 2.75) is 46.5 Å². The Kier molecular flexibility index (Phi) is 5.81. The highest BCUT2D eigenvalue weighted by Crippen LogP contribution is 2.30. The summed E-state index contributed by atoms with van der Waals surface area (Å²) in [6.45, 7) is 10.3. The van der Waals surface area contributed by atoms with E-state index in [1.165, 1.54) is 19.3 Å². The molecule has 1 amide bonds. The Bertz CT molecular complexity index is 304. The van der Waals surface area contributed by atoms with Crippen LogP contribution in [0.3, 0.4) is 0 Å². The first-order valence-electron chi connectivity index (χ1n) is 7.48. The monoisotopic (exact) mass is 269 g/mol. The molecule has 1 aliphatic heterocycles. The van der Waals surface area contributed by atoms with Gasteiger partial charge in [-0.15, -0.1) is 0 Å². The summed E-state index contributed by atoms with van der Waals surface area (Å²) >= 11 is 0. The Morgan fingerprint density at radius 2 is 2.11 bits per heavy atom. The van der Waals surface area contributed by atoms with Crippen molar-refractivity contribution >= 4 is 5.91 Å². The number of amides is 1. The van der Waals surface area contributed by atoms with E-state index in [1.54, 1.807) is 7.05 Å². The third-order valence-electron chi connectivity index (χ3n) is 4.46. The second kappa shape index (κ2) is 6.71. The fraction of sp³-hybridized carbons (Fsp3) is 0.933. The van der Waals surface area contributed by atoms with E-state index in [1.807, 2.05) is 0 Å². The lowest BCUT2D eigenvalue weighted by molar-refractivity contribution is -0.129. The first kappa shape index (κ1) is 16.4. The van der Waals surface area contributed by atoms with Gasteiger partial charge < -0.3 is 16.0 Å².